The van der Waals surface area contributed by atoms with Gasteiger partial charge in [-0.05, 0) is 36.6 Å². The van der Waals surface area contributed by atoms with Crippen LogP contribution in [-0.2, 0) is 14.3 Å². The van der Waals surface area contributed by atoms with Crippen LogP contribution in [0, 0.1) is 11.8 Å². The summed E-state index contributed by atoms with van der Waals surface area (Å²) in [5, 5.41) is 5.48. The van der Waals surface area contributed by atoms with Gasteiger partial charge in [-0.2, -0.15) is 0 Å². The zero-order valence-corrected chi connectivity index (χ0v) is 15.1. The van der Waals surface area contributed by atoms with Crippen LogP contribution in [-0.4, -0.2) is 29.9 Å². The number of carbonyl (C=O) groups is 3. The van der Waals surface area contributed by atoms with Gasteiger partial charge in [-0.25, -0.2) is 4.79 Å². The molecule has 1 aromatic heterocycles. The number of rotatable bonds is 6. The number of ether oxygens (including phenoxy) is 1. The lowest BCUT2D eigenvalue weighted by Crippen LogP contribution is -2.34. The molecule has 1 aromatic carbocycles. The largest absolute Gasteiger partial charge is 0.467 e. The molecular weight excluding hydrogens is 346 g/mol. The van der Waals surface area contributed by atoms with Crippen LogP contribution >= 0.6 is 0 Å². The summed E-state index contributed by atoms with van der Waals surface area (Å²) in [5.74, 6) is -0.648. The maximum absolute atomic E-state index is 12.6. The van der Waals surface area contributed by atoms with Gasteiger partial charge in [0.25, 0.3) is 5.91 Å². The molecule has 2 amide bonds. The van der Waals surface area contributed by atoms with Crippen LogP contribution in [0.2, 0.25) is 0 Å². The Kier molecular flexibility index (Phi) is 5.49. The van der Waals surface area contributed by atoms with Crippen LogP contribution in [0.1, 0.15) is 35.3 Å². The minimum absolute atomic E-state index is 0.0387. The molecule has 2 aromatic rings. The third-order valence-electron chi connectivity index (χ3n) is 4.57. The summed E-state index contributed by atoms with van der Waals surface area (Å²) in [5.41, 5.74) is 1.39. The van der Waals surface area contributed by atoms with E-state index in [0.29, 0.717) is 22.7 Å². The monoisotopic (exact) mass is 367 g/mol. The van der Waals surface area contributed by atoms with E-state index in [2.05, 4.69) is 15.6 Å². The molecule has 1 heterocycles. The summed E-state index contributed by atoms with van der Waals surface area (Å²) < 4.78 is 4.78. The van der Waals surface area contributed by atoms with Gasteiger partial charge in [-0.3, -0.25) is 14.6 Å². The molecule has 7 heteroatoms. The number of nitrogens with one attached hydrogen (secondary N) is 2. The summed E-state index contributed by atoms with van der Waals surface area (Å²) in [6.45, 7) is 2.03. The number of nitrogens with zero attached hydrogens (tertiary/aromatic N) is 1. The van der Waals surface area contributed by atoms with Gasteiger partial charge in [0, 0.05) is 35.1 Å². The number of pyridine rings is 1. The minimum Gasteiger partial charge on any atom is -0.467 e. The molecular formula is C20H21N3O4. The van der Waals surface area contributed by atoms with Crippen LogP contribution in [0.5, 0.6) is 0 Å². The van der Waals surface area contributed by atoms with Gasteiger partial charge in [0.2, 0.25) is 5.91 Å². The second-order valence-corrected chi connectivity index (χ2v) is 6.61. The van der Waals surface area contributed by atoms with E-state index in [9.17, 15) is 14.4 Å². The first kappa shape index (κ1) is 18.6. The van der Waals surface area contributed by atoms with Crippen molar-refractivity contribution in [2.75, 3.05) is 12.4 Å². The van der Waals surface area contributed by atoms with Crippen molar-refractivity contribution >= 4 is 23.5 Å². The topological polar surface area (TPSA) is 97.4 Å². The second-order valence-electron chi connectivity index (χ2n) is 6.61. The Morgan fingerprint density at radius 2 is 2.00 bits per heavy atom. The average Bonchev–Trinajstić information content (AvgIpc) is 3.43. The predicted molar refractivity (Wildman–Crippen MR) is 98.8 cm³/mol. The molecule has 0 radical (unpaired) electrons. The molecule has 140 valence electrons. The summed E-state index contributed by atoms with van der Waals surface area (Å²) in [7, 11) is 1.26. The molecule has 0 bridgehead atoms. The molecule has 3 rings (SSSR count). The molecule has 1 fully saturated rings. The highest BCUT2D eigenvalue weighted by Gasteiger charge is 2.39. The van der Waals surface area contributed by atoms with E-state index in [0.717, 1.165) is 6.42 Å². The first-order valence-corrected chi connectivity index (χ1v) is 8.69. The Labute approximate surface area is 157 Å². The van der Waals surface area contributed by atoms with Crippen LogP contribution in [0.25, 0.3) is 0 Å². The zero-order valence-electron chi connectivity index (χ0n) is 15.1. The van der Waals surface area contributed by atoms with Crippen molar-refractivity contribution in [3.63, 3.8) is 0 Å². The molecule has 1 aliphatic rings. The average molecular weight is 367 g/mol. The van der Waals surface area contributed by atoms with Crippen LogP contribution in [0.15, 0.2) is 48.8 Å². The van der Waals surface area contributed by atoms with Gasteiger partial charge in [-0.1, -0.05) is 19.1 Å². The van der Waals surface area contributed by atoms with E-state index < -0.39 is 17.9 Å². The van der Waals surface area contributed by atoms with Crippen molar-refractivity contribution in [3.05, 3.63) is 59.9 Å². The highest BCUT2D eigenvalue weighted by Crippen LogP contribution is 2.38. The van der Waals surface area contributed by atoms with E-state index in [1.807, 2.05) is 6.92 Å². The van der Waals surface area contributed by atoms with Crippen LogP contribution in [0.4, 0.5) is 5.69 Å². The molecule has 27 heavy (non-hydrogen) atoms. The normalized spacial score (nSPS) is 18.9. The molecule has 0 aliphatic heterocycles. The first-order chi connectivity index (χ1) is 13.0. The number of anilines is 1. The van der Waals surface area contributed by atoms with Gasteiger partial charge in [0.15, 0.2) is 6.04 Å². The maximum Gasteiger partial charge on any atom is 0.333 e. The first-order valence-electron chi connectivity index (χ1n) is 8.69. The van der Waals surface area contributed by atoms with Crippen molar-refractivity contribution < 1.29 is 19.1 Å². The number of aromatic nitrogens is 1. The molecule has 1 saturated carbocycles. The lowest BCUT2D eigenvalue weighted by molar-refractivity contribution is -0.143. The van der Waals surface area contributed by atoms with E-state index in [-0.39, 0.29) is 11.8 Å². The Morgan fingerprint density at radius 1 is 1.22 bits per heavy atom. The summed E-state index contributed by atoms with van der Waals surface area (Å²) in [4.78, 5) is 40.8. The number of amides is 2. The fraction of sp³-hybridized carbons (Fsp3) is 0.300. The zero-order chi connectivity index (χ0) is 19.4. The third-order valence-corrected chi connectivity index (χ3v) is 4.57. The number of carbonyl (C=O) groups excluding carboxylic acids is 3. The van der Waals surface area contributed by atoms with Crippen LogP contribution in [0.3, 0.4) is 0 Å². The van der Waals surface area contributed by atoms with Crippen molar-refractivity contribution in [2.45, 2.75) is 19.4 Å². The van der Waals surface area contributed by atoms with E-state index >= 15 is 0 Å². The standard InChI is InChI=1S/C20H21N3O4/c1-12-9-16(12)19(25)22-15-7-3-5-13(10-15)18(24)23-17(20(26)27-2)14-6-4-8-21-11-14/h3-8,10-12,16-17H,9H2,1-2H3,(H,22,25)(H,23,24). The SMILES string of the molecule is COC(=O)C(NC(=O)c1cccc(NC(=O)C2CC2C)c1)c1cccnc1. The predicted octanol–water partition coefficient (Wildman–Crippen LogP) is 2.32. The van der Waals surface area contributed by atoms with Crippen LogP contribution < -0.4 is 10.6 Å². The lowest BCUT2D eigenvalue weighted by atomic mass is 10.1. The molecule has 1 aliphatic carbocycles. The fourth-order valence-corrected chi connectivity index (χ4v) is 2.82. The highest BCUT2D eigenvalue weighted by atomic mass is 16.5. The third kappa shape index (κ3) is 4.49. The van der Waals surface area contributed by atoms with Gasteiger partial charge in [0.05, 0.1) is 7.11 Å². The molecule has 0 spiro atoms. The number of benzene rings is 1. The Hall–Kier alpha value is -3.22. The summed E-state index contributed by atoms with van der Waals surface area (Å²) in [6.07, 6.45) is 3.96. The lowest BCUT2D eigenvalue weighted by Gasteiger charge is -2.17. The van der Waals surface area contributed by atoms with Gasteiger partial charge in [0.1, 0.15) is 0 Å². The molecule has 2 N–H and O–H groups in total. The number of hydrogen-bond acceptors (Lipinski definition) is 5. The molecule has 0 saturated heterocycles. The summed E-state index contributed by atoms with van der Waals surface area (Å²) >= 11 is 0. The minimum atomic E-state index is -0.971. The number of methoxy groups -OCH3 is 1. The Morgan fingerprint density at radius 3 is 2.63 bits per heavy atom. The van der Waals surface area contributed by atoms with Crippen molar-refractivity contribution in [1.82, 2.24) is 10.3 Å². The van der Waals surface area contributed by atoms with Crippen molar-refractivity contribution in [3.8, 4) is 0 Å². The van der Waals surface area contributed by atoms with Crippen molar-refractivity contribution in [2.24, 2.45) is 11.8 Å². The van der Waals surface area contributed by atoms with E-state index in [1.165, 1.54) is 13.3 Å². The van der Waals surface area contributed by atoms with E-state index in [4.69, 9.17) is 4.74 Å². The number of esters is 1. The maximum atomic E-state index is 12.6. The molecule has 7 nitrogen and oxygen atoms in total. The Bertz CT molecular complexity index is 853. The summed E-state index contributed by atoms with van der Waals surface area (Å²) in [6, 6.07) is 8.98. The van der Waals surface area contributed by atoms with Gasteiger partial charge < -0.3 is 15.4 Å². The van der Waals surface area contributed by atoms with Gasteiger partial charge >= 0.3 is 5.97 Å². The molecule has 3 unspecified atom stereocenters. The quantitative estimate of drug-likeness (QED) is 0.764. The second kappa shape index (κ2) is 7.99. The number of hydrogen-bond donors (Lipinski definition) is 2. The Balaban J connectivity index is 1.73. The van der Waals surface area contributed by atoms with Crippen molar-refractivity contribution in [1.29, 1.82) is 0 Å². The fourth-order valence-electron chi connectivity index (χ4n) is 2.82. The van der Waals surface area contributed by atoms with Gasteiger partial charge in [-0.15, -0.1) is 0 Å². The highest BCUT2D eigenvalue weighted by molar-refractivity contribution is 5.99. The smallest absolute Gasteiger partial charge is 0.333 e. The van der Waals surface area contributed by atoms with E-state index in [1.54, 1.807) is 42.6 Å². The molecule has 3 atom stereocenters.